The first-order valence-electron chi connectivity index (χ1n) is 4.51. The van der Waals surface area contributed by atoms with Crippen LogP contribution in [0.25, 0.3) is 0 Å². The van der Waals surface area contributed by atoms with E-state index >= 15 is 0 Å². The zero-order valence-electron chi connectivity index (χ0n) is 8.13. The van der Waals surface area contributed by atoms with Crippen molar-refractivity contribution < 1.29 is 9.84 Å². The first-order valence-corrected chi connectivity index (χ1v) is 4.51. The van der Waals surface area contributed by atoms with Crippen LogP contribution in [0.2, 0.25) is 0 Å². The molecule has 0 saturated carbocycles. The van der Waals surface area contributed by atoms with Crippen LogP contribution in [0.15, 0.2) is 0 Å². The molecule has 0 amide bonds. The van der Waals surface area contributed by atoms with E-state index in [9.17, 15) is 0 Å². The van der Waals surface area contributed by atoms with Gasteiger partial charge in [0, 0.05) is 18.0 Å². The summed E-state index contributed by atoms with van der Waals surface area (Å²) in [7, 11) is 0. The maximum atomic E-state index is 9.08. The third-order valence-corrected chi connectivity index (χ3v) is 2.36. The monoisotopic (exact) mass is 173 g/mol. The van der Waals surface area contributed by atoms with Gasteiger partial charge in [0.25, 0.3) is 0 Å². The van der Waals surface area contributed by atoms with Crippen LogP contribution in [-0.2, 0) is 4.74 Å². The average Bonchev–Trinajstić information content (AvgIpc) is 2.25. The lowest BCUT2D eigenvalue weighted by molar-refractivity contribution is 0.166. The second-order valence-corrected chi connectivity index (χ2v) is 4.31. The molecule has 2 atom stereocenters. The second-order valence-electron chi connectivity index (χ2n) is 4.31. The predicted molar refractivity (Wildman–Crippen MR) is 48.1 cm³/mol. The molecule has 1 fully saturated rings. The van der Waals surface area contributed by atoms with Crippen LogP contribution in [-0.4, -0.2) is 37.0 Å². The minimum absolute atomic E-state index is 0.203. The van der Waals surface area contributed by atoms with Crippen molar-refractivity contribution in [2.24, 2.45) is 5.41 Å². The zero-order chi connectivity index (χ0) is 9.19. The molecule has 1 aliphatic heterocycles. The van der Waals surface area contributed by atoms with E-state index in [4.69, 9.17) is 9.84 Å². The third-order valence-electron chi connectivity index (χ3n) is 2.36. The van der Waals surface area contributed by atoms with Crippen LogP contribution in [0, 0.1) is 5.41 Å². The fraction of sp³-hybridized carbons (Fsp3) is 1.00. The van der Waals surface area contributed by atoms with Crippen molar-refractivity contribution in [3.63, 3.8) is 0 Å². The number of ether oxygens (including phenoxy) is 1. The van der Waals surface area contributed by atoms with E-state index in [0.29, 0.717) is 12.6 Å². The minimum atomic E-state index is -0.276. The van der Waals surface area contributed by atoms with Crippen molar-refractivity contribution >= 4 is 0 Å². The molecule has 3 heteroatoms. The highest BCUT2D eigenvalue weighted by Crippen LogP contribution is 2.26. The number of aliphatic hydroxyl groups excluding tert-OH is 1. The molecular formula is C9H19NO2. The summed E-state index contributed by atoms with van der Waals surface area (Å²) in [4.78, 5) is 0. The van der Waals surface area contributed by atoms with E-state index in [1.807, 2.05) is 0 Å². The largest absolute Gasteiger partial charge is 0.392 e. The summed E-state index contributed by atoms with van der Waals surface area (Å²) in [5.41, 5.74) is 0.203. The number of rotatable bonds is 3. The number of nitrogens with one attached hydrogen (secondary N) is 1. The highest BCUT2D eigenvalue weighted by molar-refractivity contribution is 4.88. The summed E-state index contributed by atoms with van der Waals surface area (Å²) in [6.45, 7) is 8.37. The summed E-state index contributed by atoms with van der Waals surface area (Å²) < 4.78 is 5.36. The van der Waals surface area contributed by atoms with Crippen LogP contribution in [0.3, 0.4) is 0 Å². The summed E-state index contributed by atoms with van der Waals surface area (Å²) in [5, 5.41) is 12.4. The summed E-state index contributed by atoms with van der Waals surface area (Å²) in [6.07, 6.45) is -0.276. The molecule has 0 aromatic heterocycles. The van der Waals surface area contributed by atoms with Crippen LogP contribution in [0.4, 0.5) is 0 Å². The van der Waals surface area contributed by atoms with Gasteiger partial charge in [-0.1, -0.05) is 13.8 Å². The SMILES string of the molecule is C[C@@H](O)CNC1COCC1(C)C. The summed E-state index contributed by atoms with van der Waals surface area (Å²) in [5.74, 6) is 0. The maximum Gasteiger partial charge on any atom is 0.0636 e. The van der Waals surface area contributed by atoms with Crippen LogP contribution in [0.1, 0.15) is 20.8 Å². The Labute approximate surface area is 74.1 Å². The highest BCUT2D eigenvalue weighted by atomic mass is 16.5. The van der Waals surface area contributed by atoms with Gasteiger partial charge in [0.05, 0.1) is 19.3 Å². The zero-order valence-corrected chi connectivity index (χ0v) is 8.13. The van der Waals surface area contributed by atoms with E-state index in [2.05, 4.69) is 19.2 Å². The van der Waals surface area contributed by atoms with Crippen molar-refractivity contribution in [3.05, 3.63) is 0 Å². The first kappa shape index (κ1) is 9.96. The lowest BCUT2D eigenvalue weighted by Crippen LogP contribution is -2.43. The van der Waals surface area contributed by atoms with E-state index < -0.39 is 0 Å². The van der Waals surface area contributed by atoms with Crippen molar-refractivity contribution in [3.8, 4) is 0 Å². The number of hydrogen-bond donors (Lipinski definition) is 2. The van der Waals surface area contributed by atoms with E-state index in [0.717, 1.165) is 13.2 Å². The Morgan fingerprint density at radius 1 is 1.67 bits per heavy atom. The van der Waals surface area contributed by atoms with Crippen molar-refractivity contribution in [1.82, 2.24) is 5.32 Å². The third kappa shape index (κ3) is 2.44. The molecule has 0 aliphatic carbocycles. The molecule has 1 unspecified atom stereocenters. The van der Waals surface area contributed by atoms with Crippen LogP contribution >= 0.6 is 0 Å². The Balaban J connectivity index is 2.32. The van der Waals surface area contributed by atoms with E-state index in [-0.39, 0.29) is 11.5 Å². The molecule has 2 N–H and O–H groups in total. The van der Waals surface area contributed by atoms with Crippen molar-refractivity contribution in [1.29, 1.82) is 0 Å². The molecule has 1 rings (SSSR count). The van der Waals surface area contributed by atoms with Gasteiger partial charge in [-0.3, -0.25) is 0 Å². The molecule has 0 aromatic rings. The Hall–Kier alpha value is -0.120. The van der Waals surface area contributed by atoms with Gasteiger partial charge in [-0.2, -0.15) is 0 Å². The topological polar surface area (TPSA) is 41.5 Å². The molecule has 0 spiro atoms. The van der Waals surface area contributed by atoms with Gasteiger partial charge in [0.2, 0.25) is 0 Å². The smallest absolute Gasteiger partial charge is 0.0636 e. The fourth-order valence-corrected chi connectivity index (χ4v) is 1.41. The van der Waals surface area contributed by atoms with Gasteiger partial charge in [-0.15, -0.1) is 0 Å². The lowest BCUT2D eigenvalue weighted by atomic mass is 9.88. The van der Waals surface area contributed by atoms with Gasteiger partial charge in [-0.05, 0) is 6.92 Å². The molecule has 0 radical (unpaired) electrons. The molecule has 1 saturated heterocycles. The fourth-order valence-electron chi connectivity index (χ4n) is 1.41. The van der Waals surface area contributed by atoms with Gasteiger partial charge in [0.15, 0.2) is 0 Å². The average molecular weight is 173 g/mol. The second kappa shape index (κ2) is 3.73. The molecule has 72 valence electrons. The highest BCUT2D eigenvalue weighted by Gasteiger charge is 2.35. The standard InChI is InChI=1S/C9H19NO2/c1-7(11)4-10-8-5-12-6-9(8,2)3/h7-8,10-11H,4-6H2,1-3H3/t7-,8?/m1/s1. The lowest BCUT2D eigenvalue weighted by Gasteiger charge is -2.25. The van der Waals surface area contributed by atoms with Crippen molar-refractivity contribution in [2.75, 3.05) is 19.8 Å². The van der Waals surface area contributed by atoms with Crippen LogP contribution in [0.5, 0.6) is 0 Å². The molecular weight excluding hydrogens is 154 g/mol. The number of hydrogen-bond acceptors (Lipinski definition) is 3. The summed E-state index contributed by atoms with van der Waals surface area (Å²) >= 11 is 0. The van der Waals surface area contributed by atoms with Crippen LogP contribution < -0.4 is 5.32 Å². The Bertz CT molecular complexity index is 145. The minimum Gasteiger partial charge on any atom is -0.392 e. The molecule has 12 heavy (non-hydrogen) atoms. The van der Waals surface area contributed by atoms with Gasteiger partial charge in [-0.25, -0.2) is 0 Å². The quantitative estimate of drug-likeness (QED) is 0.648. The Morgan fingerprint density at radius 3 is 2.75 bits per heavy atom. The number of aliphatic hydroxyl groups is 1. The molecule has 1 aliphatic rings. The summed E-state index contributed by atoms with van der Waals surface area (Å²) in [6, 6.07) is 0.382. The molecule has 3 nitrogen and oxygen atoms in total. The van der Waals surface area contributed by atoms with E-state index in [1.54, 1.807) is 6.92 Å². The van der Waals surface area contributed by atoms with Gasteiger partial charge in [0.1, 0.15) is 0 Å². The van der Waals surface area contributed by atoms with E-state index in [1.165, 1.54) is 0 Å². The van der Waals surface area contributed by atoms with Crippen molar-refractivity contribution in [2.45, 2.75) is 32.9 Å². The molecule has 0 bridgehead atoms. The molecule has 0 aromatic carbocycles. The van der Waals surface area contributed by atoms with Gasteiger partial charge < -0.3 is 15.2 Å². The normalized spacial score (nSPS) is 30.5. The maximum absolute atomic E-state index is 9.08. The van der Waals surface area contributed by atoms with Gasteiger partial charge >= 0.3 is 0 Å². The Kier molecular flexibility index (Phi) is 3.09. The first-order chi connectivity index (χ1) is 5.52. The predicted octanol–water partition coefficient (Wildman–Crippen LogP) is 0.382. The molecule has 1 heterocycles. The Morgan fingerprint density at radius 2 is 2.33 bits per heavy atom.